The van der Waals surface area contributed by atoms with Gasteiger partial charge in [0.15, 0.2) is 0 Å². The summed E-state index contributed by atoms with van der Waals surface area (Å²) >= 11 is 0. The van der Waals surface area contributed by atoms with E-state index in [4.69, 9.17) is 14.2 Å². The van der Waals surface area contributed by atoms with Crippen molar-refractivity contribution in [2.24, 2.45) is 23.2 Å². The third-order valence-corrected chi connectivity index (χ3v) is 7.19. The summed E-state index contributed by atoms with van der Waals surface area (Å²) in [5.74, 6) is 1.63. The van der Waals surface area contributed by atoms with E-state index in [0.717, 1.165) is 17.0 Å². The van der Waals surface area contributed by atoms with E-state index in [1.807, 2.05) is 42.5 Å². The molecule has 1 fully saturated rings. The van der Waals surface area contributed by atoms with Gasteiger partial charge in [0.2, 0.25) is 0 Å². The molecular weight excluding hydrogens is 390 g/mol. The third-order valence-electron chi connectivity index (χ3n) is 7.19. The highest BCUT2D eigenvalue weighted by atomic mass is 16.6. The molecule has 1 N–H and O–H groups in total. The molecule has 0 spiro atoms. The van der Waals surface area contributed by atoms with E-state index in [0.29, 0.717) is 19.1 Å². The van der Waals surface area contributed by atoms with Gasteiger partial charge in [-0.05, 0) is 48.6 Å². The number of carbonyl (C=O) groups is 1. The number of hydrogen-bond acceptors (Lipinski definition) is 4. The predicted octanol–water partition coefficient (Wildman–Crippen LogP) is 5.85. The van der Waals surface area contributed by atoms with Crippen molar-refractivity contribution in [3.63, 3.8) is 0 Å². The summed E-state index contributed by atoms with van der Waals surface area (Å²) in [5, 5.41) is 2.81. The SMILES string of the molecule is COc1ccc([C@@H]2OC[C@@]3(COC(=O)Nc4ccccc4)[C@@H](C)C=C(C)[C@H]2[C@@H]3C)cc1. The number of hydrogen-bond donors (Lipinski definition) is 1. The molecule has 1 aliphatic heterocycles. The van der Waals surface area contributed by atoms with E-state index in [9.17, 15) is 4.79 Å². The van der Waals surface area contributed by atoms with Crippen LogP contribution >= 0.6 is 0 Å². The van der Waals surface area contributed by atoms with Crippen LogP contribution < -0.4 is 10.1 Å². The van der Waals surface area contributed by atoms with Gasteiger partial charge in [0, 0.05) is 17.0 Å². The molecule has 5 atom stereocenters. The maximum Gasteiger partial charge on any atom is 0.411 e. The largest absolute Gasteiger partial charge is 0.497 e. The molecule has 0 unspecified atom stereocenters. The summed E-state index contributed by atoms with van der Waals surface area (Å²) < 4.78 is 17.5. The number of para-hydroxylation sites is 1. The van der Waals surface area contributed by atoms with Crippen LogP contribution in [0.1, 0.15) is 32.4 Å². The number of benzene rings is 2. The summed E-state index contributed by atoms with van der Waals surface area (Å²) in [5.41, 5.74) is 2.96. The lowest BCUT2D eigenvalue weighted by Gasteiger charge is -2.55. The maximum atomic E-state index is 12.4. The van der Waals surface area contributed by atoms with Crippen LogP contribution in [0.25, 0.3) is 0 Å². The molecule has 1 amide bonds. The van der Waals surface area contributed by atoms with Crippen LogP contribution in [0.3, 0.4) is 0 Å². The Morgan fingerprint density at radius 1 is 1.13 bits per heavy atom. The summed E-state index contributed by atoms with van der Waals surface area (Å²) in [6.45, 7) is 7.53. The molecule has 0 radical (unpaired) electrons. The first-order chi connectivity index (χ1) is 14.9. The number of carbonyl (C=O) groups excluding carboxylic acids is 1. The number of allylic oxidation sites excluding steroid dienone is 1. The monoisotopic (exact) mass is 421 g/mol. The van der Waals surface area contributed by atoms with Crippen LogP contribution in [0.5, 0.6) is 5.75 Å². The molecule has 2 aromatic rings. The molecule has 164 valence electrons. The van der Waals surface area contributed by atoms with Crippen molar-refractivity contribution in [1.29, 1.82) is 0 Å². The number of methoxy groups -OCH3 is 1. The number of ether oxygens (including phenoxy) is 3. The Labute approximate surface area is 184 Å². The first-order valence-electron chi connectivity index (χ1n) is 10.9. The van der Waals surface area contributed by atoms with Gasteiger partial charge in [-0.25, -0.2) is 4.79 Å². The van der Waals surface area contributed by atoms with Gasteiger partial charge < -0.3 is 14.2 Å². The standard InChI is InChI=1S/C26H31NO4/c1-17-14-18(2)26(16-31-25(28)27-21-8-6-5-7-9-21)15-30-24(23(17)19(26)3)20-10-12-22(29-4)13-11-20/h5-14,18-19,23-24H,15-16H2,1-4H3,(H,27,28)/t18-,19-,23-,24-,26+/m0/s1. The summed E-state index contributed by atoms with van der Waals surface area (Å²) in [7, 11) is 1.67. The highest BCUT2D eigenvalue weighted by Gasteiger charge is 2.54. The van der Waals surface area contributed by atoms with Crippen LogP contribution in [0, 0.1) is 23.2 Å². The molecule has 5 nitrogen and oxygen atoms in total. The Balaban J connectivity index is 1.51. The van der Waals surface area contributed by atoms with Gasteiger partial charge in [-0.1, -0.05) is 55.8 Å². The zero-order chi connectivity index (χ0) is 22.0. The molecule has 4 rings (SSSR count). The predicted molar refractivity (Wildman–Crippen MR) is 121 cm³/mol. The zero-order valence-electron chi connectivity index (χ0n) is 18.6. The highest BCUT2D eigenvalue weighted by molar-refractivity contribution is 5.84. The summed E-state index contributed by atoms with van der Waals surface area (Å²) in [4.78, 5) is 12.4. The maximum absolute atomic E-state index is 12.4. The van der Waals surface area contributed by atoms with Crippen molar-refractivity contribution in [2.45, 2.75) is 26.9 Å². The Hall–Kier alpha value is -2.79. The minimum atomic E-state index is -0.430. The van der Waals surface area contributed by atoms with E-state index < -0.39 is 6.09 Å². The molecule has 0 aromatic heterocycles. The van der Waals surface area contributed by atoms with Crippen LogP contribution in [0.4, 0.5) is 10.5 Å². The van der Waals surface area contributed by atoms with Crippen molar-refractivity contribution in [1.82, 2.24) is 0 Å². The van der Waals surface area contributed by atoms with E-state index in [2.05, 4.69) is 44.3 Å². The van der Waals surface area contributed by atoms with E-state index in [-0.39, 0.29) is 23.4 Å². The van der Waals surface area contributed by atoms with Gasteiger partial charge >= 0.3 is 6.09 Å². The smallest absolute Gasteiger partial charge is 0.411 e. The number of anilines is 1. The fourth-order valence-corrected chi connectivity index (χ4v) is 5.23. The van der Waals surface area contributed by atoms with Crippen molar-refractivity contribution in [3.05, 3.63) is 71.8 Å². The molecule has 1 aliphatic carbocycles. The summed E-state index contributed by atoms with van der Waals surface area (Å²) in [6, 6.07) is 17.5. The number of rotatable bonds is 5. The van der Waals surface area contributed by atoms with Gasteiger partial charge in [0.05, 0.1) is 19.8 Å². The number of amides is 1. The van der Waals surface area contributed by atoms with Gasteiger partial charge in [-0.15, -0.1) is 0 Å². The Morgan fingerprint density at radius 3 is 2.52 bits per heavy atom. The van der Waals surface area contributed by atoms with E-state index in [1.54, 1.807) is 7.11 Å². The topological polar surface area (TPSA) is 56.8 Å². The number of nitrogens with one attached hydrogen (secondary N) is 1. The highest BCUT2D eigenvalue weighted by Crippen LogP contribution is 2.56. The quantitative estimate of drug-likeness (QED) is 0.615. The average Bonchev–Trinajstić information content (AvgIpc) is 2.77. The Bertz CT molecular complexity index is 940. The molecule has 1 heterocycles. The molecule has 31 heavy (non-hydrogen) atoms. The fraction of sp³-hybridized carbons (Fsp3) is 0.423. The minimum Gasteiger partial charge on any atom is -0.497 e. The third kappa shape index (κ3) is 4.07. The van der Waals surface area contributed by atoms with Crippen LogP contribution in [-0.4, -0.2) is 26.4 Å². The van der Waals surface area contributed by atoms with Crippen LogP contribution in [0.15, 0.2) is 66.2 Å². The summed E-state index contributed by atoms with van der Waals surface area (Å²) in [6.07, 6.45) is 1.89. The lowest BCUT2D eigenvalue weighted by molar-refractivity contribution is -0.165. The molecule has 2 aliphatic rings. The van der Waals surface area contributed by atoms with Crippen molar-refractivity contribution in [3.8, 4) is 5.75 Å². The Morgan fingerprint density at radius 2 is 1.84 bits per heavy atom. The zero-order valence-corrected chi connectivity index (χ0v) is 18.6. The second-order valence-corrected chi connectivity index (χ2v) is 8.82. The normalized spacial score (nSPS) is 29.6. The second-order valence-electron chi connectivity index (χ2n) is 8.82. The average molecular weight is 422 g/mol. The first-order valence-corrected chi connectivity index (χ1v) is 10.9. The Kier molecular flexibility index (Phi) is 6.05. The lowest BCUT2D eigenvalue weighted by atomic mass is 9.56. The van der Waals surface area contributed by atoms with Crippen molar-refractivity contribution >= 4 is 11.8 Å². The van der Waals surface area contributed by atoms with Gasteiger partial charge in [0.25, 0.3) is 0 Å². The van der Waals surface area contributed by atoms with E-state index >= 15 is 0 Å². The van der Waals surface area contributed by atoms with Crippen molar-refractivity contribution in [2.75, 3.05) is 25.6 Å². The van der Waals surface area contributed by atoms with Gasteiger partial charge in [-0.3, -0.25) is 5.32 Å². The first kappa shape index (κ1) is 21.4. The van der Waals surface area contributed by atoms with Gasteiger partial charge in [0.1, 0.15) is 12.4 Å². The molecule has 2 aromatic carbocycles. The van der Waals surface area contributed by atoms with Crippen LogP contribution in [0.2, 0.25) is 0 Å². The lowest BCUT2D eigenvalue weighted by Crippen LogP contribution is -2.54. The van der Waals surface area contributed by atoms with Crippen LogP contribution in [-0.2, 0) is 9.47 Å². The van der Waals surface area contributed by atoms with Gasteiger partial charge in [-0.2, -0.15) is 0 Å². The molecule has 1 saturated heterocycles. The fourth-order valence-electron chi connectivity index (χ4n) is 5.23. The van der Waals surface area contributed by atoms with Crippen molar-refractivity contribution < 1.29 is 19.0 Å². The number of fused-ring (bicyclic) bond motifs is 2. The molecular formula is C26H31NO4. The van der Waals surface area contributed by atoms with E-state index in [1.165, 1.54) is 5.57 Å². The second kappa shape index (κ2) is 8.75. The minimum absolute atomic E-state index is 0.0177. The molecule has 5 heteroatoms. The molecule has 2 bridgehead atoms. The molecule has 0 saturated carbocycles.